The first kappa shape index (κ1) is 13.8. The van der Waals surface area contributed by atoms with Crippen LogP contribution in [0.3, 0.4) is 0 Å². The summed E-state index contributed by atoms with van der Waals surface area (Å²) in [5.41, 5.74) is 3.93. The van der Waals surface area contributed by atoms with E-state index in [4.69, 9.17) is 0 Å². The standard InChI is InChI=1S/C19H14F2N2/c20-14-5-9-16(10-6-14)22-13-23(17-11-7-15(21)8-12-17)19-4-2-1-3-18(19)22/h1-12H,13H2. The maximum Gasteiger partial charge on any atom is 0.123 e. The molecule has 0 spiro atoms. The Kier molecular flexibility index (Phi) is 3.23. The number of para-hydroxylation sites is 2. The lowest BCUT2D eigenvalue weighted by molar-refractivity contribution is 0.627. The first-order chi connectivity index (χ1) is 11.2. The molecule has 2 nitrogen and oxygen atoms in total. The lowest BCUT2D eigenvalue weighted by Crippen LogP contribution is -2.23. The summed E-state index contributed by atoms with van der Waals surface area (Å²) in [6.45, 7) is 0.594. The van der Waals surface area contributed by atoms with Gasteiger partial charge in [-0.25, -0.2) is 8.78 Å². The molecule has 1 heterocycles. The average molecular weight is 308 g/mol. The molecule has 0 saturated carbocycles. The zero-order chi connectivity index (χ0) is 15.8. The number of benzene rings is 3. The van der Waals surface area contributed by atoms with Gasteiger partial charge < -0.3 is 9.80 Å². The summed E-state index contributed by atoms with van der Waals surface area (Å²) in [6.07, 6.45) is 0. The van der Waals surface area contributed by atoms with Crippen LogP contribution in [0.5, 0.6) is 0 Å². The molecule has 4 heteroatoms. The average Bonchev–Trinajstić information content (AvgIpc) is 2.96. The third kappa shape index (κ3) is 2.42. The van der Waals surface area contributed by atoms with Gasteiger partial charge in [0.1, 0.15) is 18.3 Å². The topological polar surface area (TPSA) is 6.48 Å². The van der Waals surface area contributed by atoms with Crippen molar-refractivity contribution in [1.82, 2.24) is 0 Å². The van der Waals surface area contributed by atoms with Gasteiger partial charge in [0.2, 0.25) is 0 Å². The van der Waals surface area contributed by atoms with Crippen molar-refractivity contribution >= 4 is 22.7 Å². The molecule has 0 N–H and O–H groups in total. The Morgan fingerprint density at radius 1 is 0.565 bits per heavy atom. The molecule has 1 aliphatic rings. The van der Waals surface area contributed by atoms with Gasteiger partial charge in [0, 0.05) is 11.4 Å². The highest BCUT2D eigenvalue weighted by atomic mass is 19.1. The summed E-state index contributed by atoms with van der Waals surface area (Å²) < 4.78 is 26.4. The number of nitrogens with zero attached hydrogens (tertiary/aromatic N) is 2. The van der Waals surface area contributed by atoms with Crippen LogP contribution >= 0.6 is 0 Å². The Balaban J connectivity index is 1.77. The van der Waals surface area contributed by atoms with Crippen LogP contribution < -0.4 is 9.80 Å². The fourth-order valence-electron chi connectivity index (χ4n) is 2.90. The van der Waals surface area contributed by atoms with Crippen molar-refractivity contribution in [2.75, 3.05) is 16.5 Å². The number of hydrogen-bond acceptors (Lipinski definition) is 2. The maximum atomic E-state index is 13.2. The first-order valence-electron chi connectivity index (χ1n) is 7.37. The van der Waals surface area contributed by atoms with Crippen molar-refractivity contribution in [2.45, 2.75) is 0 Å². The van der Waals surface area contributed by atoms with Crippen LogP contribution in [0.2, 0.25) is 0 Å². The fraction of sp³-hybridized carbons (Fsp3) is 0.0526. The van der Waals surface area contributed by atoms with Crippen molar-refractivity contribution in [1.29, 1.82) is 0 Å². The Morgan fingerprint density at radius 2 is 0.957 bits per heavy atom. The Hall–Kier alpha value is -2.88. The highest BCUT2D eigenvalue weighted by Crippen LogP contribution is 2.43. The van der Waals surface area contributed by atoms with Crippen LogP contribution in [0.25, 0.3) is 0 Å². The second kappa shape index (κ2) is 5.39. The molecule has 23 heavy (non-hydrogen) atoms. The van der Waals surface area contributed by atoms with Gasteiger partial charge in [0.25, 0.3) is 0 Å². The number of fused-ring (bicyclic) bond motifs is 1. The molecule has 3 aromatic carbocycles. The third-order valence-electron chi connectivity index (χ3n) is 4.02. The van der Waals surface area contributed by atoms with Crippen LogP contribution in [0.4, 0.5) is 31.5 Å². The molecule has 0 unspecified atom stereocenters. The molecule has 114 valence electrons. The minimum atomic E-state index is -0.253. The summed E-state index contributed by atoms with van der Waals surface area (Å²) in [4.78, 5) is 4.22. The van der Waals surface area contributed by atoms with Crippen molar-refractivity contribution in [3.63, 3.8) is 0 Å². The van der Waals surface area contributed by atoms with Gasteiger partial charge in [-0.05, 0) is 60.7 Å². The molecule has 0 atom stereocenters. The van der Waals surface area contributed by atoms with Gasteiger partial charge in [0.15, 0.2) is 0 Å². The minimum absolute atomic E-state index is 0.253. The predicted octanol–water partition coefficient (Wildman–Crippen LogP) is 5.21. The van der Waals surface area contributed by atoms with Gasteiger partial charge in [-0.2, -0.15) is 0 Å². The molecule has 0 aromatic heterocycles. The smallest absolute Gasteiger partial charge is 0.123 e. The minimum Gasteiger partial charge on any atom is -0.321 e. The molecular weight excluding hydrogens is 294 g/mol. The number of hydrogen-bond donors (Lipinski definition) is 0. The van der Waals surface area contributed by atoms with Crippen molar-refractivity contribution < 1.29 is 8.78 Å². The third-order valence-corrected chi connectivity index (χ3v) is 4.02. The van der Waals surface area contributed by atoms with E-state index in [1.807, 2.05) is 24.3 Å². The molecule has 3 aromatic rings. The number of rotatable bonds is 2. The normalized spacial score (nSPS) is 13.3. The zero-order valence-electron chi connectivity index (χ0n) is 12.3. The molecule has 0 saturated heterocycles. The molecular formula is C19H14F2N2. The monoisotopic (exact) mass is 308 g/mol. The lowest BCUT2D eigenvalue weighted by atomic mass is 10.2. The quantitative estimate of drug-likeness (QED) is 0.641. The van der Waals surface area contributed by atoms with E-state index < -0.39 is 0 Å². The van der Waals surface area contributed by atoms with Gasteiger partial charge in [-0.1, -0.05) is 12.1 Å². The molecule has 0 amide bonds. The van der Waals surface area contributed by atoms with E-state index in [2.05, 4.69) is 9.80 Å². The first-order valence-corrected chi connectivity index (χ1v) is 7.37. The number of anilines is 4. The van der Waals surface area contributed by atoms with E-state index in [1.54, 1.807) is 24.3 Å². The summed E-state index contributed by atoms with van der Waals surface area (Å²) in [7, 11) is 0. The molecule has 0 fully saturated rings. The van der Waals surface area contributed by atoms with Gasteiger partial charge in [-0.3, -0.25) is 0 Å². The molecule has 0 aliphatic carbocycles. The molecule has 4 rings (SSSR count). The Bertz CT molecular complexity index is 758. The van der Waals surface area contributed by atoms with Crippen LogP contribution in [0, 0.1) is 11.6 Å². The van der Waals surface area contributed by atoms with Crippen molar-refractivity contribution in [3.05, 3.63) is 84.4 Å². The van der Waals surface area contributed by atoms with Crippen LogP contribution in [-0.4, -0.2) is 6.67 Å². The van der Waals surface area contributed by atoms with E-state index in [9.17, 15) is 8.78 Å². The van der Waals surface area contributed by atoms with Gasteiger partial charge in [0.05, 0.1) is 11.4 Å². The van der Waals surface area contributed by atoms with Crippen LogP contribution in [-0.2, 0) is 0 Å². The Labute approximate surface area is 133 Å². The summed E-state index contributed by atoms with van der Waals surface area (Å²) in [6, 6.07) is 20.9. The molecule has 0 radical (unpaired) electrons. The van der Waals surface area contributed by atoms with Crippen molar-refractivity contribution in [3.8, 4) is 0 Å². The molecule has 0 bridgehead atoms. The van der Waals surface area contributed by atoms with E-state index >= 15 is 0 Å². The van der Waals surface area contributed by atoms with Crippen molar-refractivity contribution in [2.24, 2.45) is 0 Å². The van der Waals surface area contributed by atoms with Crippen LogP contribution in [0.1, 0.15) is 0 Å². The van der Waals surface area contributed by atoms with Gasteiger partial charge in [-0.15, -0.1) is 0 Å². The van der Waals surface area contributed by atoms with Gasteiger partial charge >= 0.3 is 0 Å². The molecule has 1 aliphatic heterocycles. The van der Waals surface area contributed by atoms with Crippen LogP contribution in [0.15, 0.2) is 72.8 Å². The SMILES string of the molecule is Fc1ccc(N2CN(c3ccc(F)cc3)c3ccccc32)cc1. The predicted molar refractivity (Wildman–Crippen MR) is 88.4 cm³/mol. The largest absolute Gasteiger partial charge is 0.321 e. The maximum absolute atomic E-state index is 13.2. The van der Waals surface area contributed by atoms with E-state index in [0.717, 1.165) is 22.7 Å². The highest BCUT2D eigenvalue weighted by molar-refractivity contribution is 5.86. The summed E-state index contributed by atoms with van der Waals surface area (Å²) in [5.74, 6) is -0.506. The highest BCUT2D eigenvalue weighted by Gasteiger charge is 2.27. The van der Waals surface area contributed by atoms with E-state index in [0.29, 0.717) is 6.67 Å². The second-order valence-corrected chi connectivity index (χ2v) is 5.44. The second-order valence-electron chi connectivity index (χ2n) is 5.44. The number of halogens is 2. The Morgan fingerprint density at radius 3 is 1.35 bits per heavy atom. The van der Waals surface area contributed by atoms with E-state index in [-0.39, 0.29) is 11.6 Å². The summed E-state index contributed by atoms with van der Waals surface area (Å²) in [5, 5.41) is 0. The summed E-state index contributed by atoms with van der Waals surface area (Å²) >= 11 is 0. The van der Waals surface area contributed by atoms with E-state index in [1.165, 1.54) is 24.3 Å². The zero-order valence-corrected chi connectivity index (χ0v) is 12.3. The fourth-order valence-corrected chi connectivity index (χ4v) is 2.90. The lowest BCUT2D eigenvalue weighted by Gasteiger charge is -2.22.